The number of rotatable bonds is 41. The van der Waals surface area contributed by atoms with Gasteiger partial charge in [0.1, 0.15) is 6.61 Å². The van der Waals surface area contributed by atoms with Gasteiger partial charge in [-0.15, -0.1) is 0 Å². The van der Waals surface area contributed by atoms with Gasteiger partial charge in [-0.1, -0.05) is 192 Å². The average Bonchev–Trinajstić information content (AvgIpc) is 3.13. The smallest absolute Gasteiger partial charge is 0.462 e. The fourth-order valence-electron chi connectivity index (χ4n) is 6.40. The van der Waals surface area contributed by atoms with E-state index in [9.17, 15) is 14.2 Å². The van der Waals surface area contributed by atoms with Crippen LogP contribution in [0.1, 0.15) is 226 Å². The number of hydrogen-bond acceptors (Lipinski definition) is 6. The Labute approximate surface area is 326 Å². The molecule has 0 bridgehead atoms. The van der Waals surface area contributed by atoms with E-state index < -0.39 is 32.5 Å². The van der Waals surface area contributed by atoms with Crippen LogP contribution in [0.3, 0.4) is 0 Å². The number of allylic oxidation sites excluding steroid dienone is 4. The summed E-state index contributed by atoms with van der Waals surface area (Å²) in [5, 5.41) is 0. The van der Waals surface area contributed by atoms with Gasteiger partial charge in [0.05, 0.1) is 6.61 Å². The number of phosphoric acid groups is 1. The number of hydrogen-bond donors (Lipinski definition) is 2. The van der Waals surface area contributed by atoms with Crippen LogP contribution in [0.5, 0.6) is 0 Å². The SMILES string of the molecule is CCCCC/C=C/C/C=C/CCCCCCCCCC(=O)OC[C@H](COP(=O)(O)O)OC(=O)CCCCCCCCCCCCCCCCCCCC. The van der Waals surface area contributed by atoms with Gasteiger partial charge in [0.2, 0.25) is 0 Å². The molecule has 0 saturated carbocycles. The standard InChI is InChI=1S/C44H83O8P/c1-3-5-7-9-11-13-15-17-19-21-23-25-27-29-31-33-35-37-39-44(46)52-42(41-51-53(47,48)49)40-50-43(45)38-36-34-32-30-28-26-24-22-20-18-16-14-12-10-8-6-4-2/h12,14,18,20,42H,3-11,13,15-17,19,21-41H2,1-2H3,(H2,47,48,49)/b14-12+,20-18+/t42-/m1/s1. The van der Waals surface area contributed by atoms with E-state index in [4.69, 9.17) is 19.3 Å². The minimum Gasteiger partial charge on any atom is -0.462 e. The summed E-state index contributed by atoms with van der Waals surface area (Å²) in [6, 6.07) is 0. The molecule has 0 heterocycles. The van der Waals surface area contributed by atoms with E-state index in [2.05, 4.69) is 42.7 Å². The first kappa shape index (κ1) is 51.5. The monoisotopic (exact) mass is 771 g/mol. The van der Waals surface area contributed by atoms with Gasteiger partial charge >= 0.3 is 19.8 Å². The van der Waals surface area contributed by atoms with Crippen LogP contribution in [0.25, 0.3) is 0 Å². The fourth-order valence-corrected chi connectivity index (χ4v) is 6.77. The highest BCUT2D eigenvalue weighted by Gasteiger charge is 2.22. The normalized spacial score (nSPS) is 12.6. The molecule has 0 rings (SSSR count). The van der Waals surface area contributed by atoms with Crippen LogP contribution in [-0.4, -0.2) is 41.0 Å². The predicted octanol–water partition coefficient (Wildman–Crippen LogP) is 13.6. The highest BCUT2D eigenvalue weighted by atomic mass is 31.2. The van der Waals surface area contributed by atoms with Gasteiger partial charge in [-0.2, -0.15) is 0 Å². The van der Waals surface area contributed by atoms with Crippen molar-refractivity contribution in [3.05, 3.63) is 24.3 Å². The summed E-state index contributed by atoms with van der Waals surface area (Å²) >= 11 is 0. The maximum absolute atomic E-state index is 12.4. The van der Waals surface area contributed by atoms with Crippen LogP contribution in [0.15, 0.2) is 24.3 Å². The third kappa shape index (κ3) is 43.1. The van der Waals surface area contributed by atoms with Gasteiger partial charge in [0, 0.05) is 12.8 Å². The number of carbonyl (C=O) groups is 2. The molecule has 0 saturated heterocycles. The molecule has 0 fully saturated rings. The molecule has 0 aromatic carbocycles. The lowest BCUT2D eigenvalue weighted by atomic mass is 10.0. The third-order valence-corrected chi connectivity index (χ3v) is 10.2. The first-order chi connectivity index (χ1) is 25.8. The van der Waals surface area contributed by atoms with Crippen molar-refractivity contribution in [1.82, 2.24) is 0 Å². The van der Waals surface area contributed by atoms with Gasteiger partial charge in [0.25, 0.3) is 0 Å². The van der Waals surface area contributed by atoms with Crippen LogP contribution in [-0.2, 0) is 28.2 Å². The summed E-state index contributed by atoms with van der Waals surface area (Å²) in [6.07, 6.45) is 46.1. The highest BCUT2D eigenvalue weighted by Crippen LogP contribution is 2.36. The number of esters is 2. The van der Waals surface area contributed by atoms with Crippen molar-refractivity contribution in [1.29, 1.82) is 0 Å². The molecule has 9 heteroatoms. The molecule has 0 radical (unpaired) electrons. The van der Waals surface area contributed by atoms with Crippen LogP contribution >= 0.6 is 7.82 Å². The molecule has 1 atom stereocenters. The van der Waals surface area contributed by atoms with E-state index in [0.29, 0.717) is 6.42 Å². The Morgan fingerprint density at radius 2 is 0.849 bits per heavy atom. The topological polar surface area (TPSA) is 119 Å². The summed E-state index contributed by atoms with van der Waals surface area (Å²) in [6.45, 7) is 3.68. The molecule has 2 N–H and O–H groups in total. The first-order valence-electron chi connectivity index (χ1n) is 22.1. The summed E-state index contributed by atoms with van der Waals surface area (Å²) in [4.78, 5) is 42.9. The molecule has 0 aromatic rings. The Morgan fingerprint density at radius 1 is 0.491 bits per heavy atom. The van der Waals surface area contributed by atoms with Crippen molar-refractivity contribution in [2.75, 3.05) is 13.2 Å². The van der Waals surface area contributed by atoms with Gasteiger partial charge < -0.3 is 19.3 Å². The third-order valence-electron chi connectivity index (χ3n) is 9.72. The minimum absolute atomic E-state index is 0.215. The molecule has 0 unspecified atom stereocenters. The lowest BCUT2D eigenvalue weighted by Crippen LogP contribution is -2.29. The van der Waals surface area contributed by atoms with Crippen molar-refractivity contribution in [2.24, 2.45) is 0 Å². The lowest BCUT2D eigenvalue weighted by Gasteiger charge is -2.18. The second kappa shape index (κ2) is 40.2. The molecule has 0 amide bonds. The molecule has 312 valence electrons. The van der Waals surface area contributed by atoms with Gasteiger partial charge in [-0.25, -0.2) is 4.57 Å². The zero-order chi connectivity index (χ0) is 38.9. The molecule has 0 aromatic heterocycles. The summed E-state index contributed by atoms with van der Waals surface area (Å²) in [5.74, 6) is -0.883. The van der Waals surface area contributed by atoms with Crippen molar-refractivity contribution < 1.29 is 37.9 Å². The van der Waals surface area contributed by atoms with Crippen molar-refractivity contribution in [3.8, 4) is 0 Å². The first-order valence-corrected chi connectivity index (χ1v) is 23.7. The van der Waals surface area contributed by atoms with Crippen molar-refractivity contribution in [3.63, 3.8) is 0 Å². The van der Waals surface area contributed by atoms with E-state index >= 15 is 0 Å². The molecule has 0 aliphatic carbocycles. The van der Waals surface area contributed by atoms with Gasteiger partial charge in [-0.05, 0) is 44.9 Å². The number of phosphoric ester groups is 1. The van der Waals surface area contributed by atoms with Crippen LogP contribution in [0.2, 0.25) is 0 Å². The van der Waals surface area contributed by atoms with E-state index in [-0.39, 0.29) is 19.4 Å². The molecule has 8 nitrogen and oxygen atoms in total. The van der Waals surface area contributed by atoms with E-state index in [1.807, 2.05) is 0 Å². The maximum Gasteiger partial charge on any atom is 0.469 e. The number of carbonyl (C=O) groups excluding carboxylic acids is 2. The fraction of sp³-hybridized carbons (Fsp3) is 0.864. The largest absolute Gasteiger partial charge is 0.469 e. The Bertz CT molecular complexity index is 915. The van der Waals surface area contributed by atoms with Crippen LogP contribution in [0.4, 0.5) is 0 Å². The Hall–Kier alpha value is -1.47. The molecular weight excluding hydrogens is 687 g/mol. The van der Waals surface area contributed by atoms with Crippen molar-refractivity contribution >= 4 is 19.8 Å². The molecule has 0 aliphatic heterocycles. The molecule has 53 heavy (non-hydrogen) atoms. The average molecular weight is 771 g/mol. The summed E-state index contributed by atoms with van der Waals surface area (Å²) in [5.41, 5.74) is 0. The second-order valence-electron chi connectivity index (χ2n) is 15.0. The number of ether oxygens (including phenoxy) is 2. The maximum atomic E-state index is 12.4. The van der Waals surface area contributed by atoms with E-state index in [1.54, 1.807) is 0 Å². The van der Waals surface area contributed by atoms with Crippen LogP contribution in [0, 0.1) is 0 Å². The zero-order valence-corrected chi connectivity index (χ0v) is 35.3. The number of unbranched alkanes of at least 4 members (excludes halogenated alkanes) is 27. The van der Waals surface area contributed by atoms with Crippen LogP contribution < -0.4 is 0 Å². The Balaban J connectivity index is 3.87. The van der Waals surface area contributed by atoms with Gasteiger partial charge in [0.15, 0.2) is 6.10 Å². The van der Waals surface area contributed by atoms with E-state index in [1.165, 1.54) is 135 Å². The Kier molecular flexibility index (Phi) is 39.1. The summed E-state index contributed by atoms with van der Waals surface area (Å²) in [7, 11) is -4.75. The highest BCUT2D eigenvalue weighted by molar-refractivity contribution is 7.46. The quantitative estimate of drug-likeness (QED) is 0.0273. The molecule has 0 spiro atoms. The molecule has 0 aliphatic rings. The second-order valence-corrected chi connectivity index (χ2v) is 16.3. The van der Waals surface area contributed by atoms with E-state index in [0.717, 1.165) is 57.8 Å². The van der Waals surface area contributed by atoms with Gasteiger partial charge in [-0.3, -0.25) is 14.1 Å². The van der Waals surface area contributed by atoms with Crippen molar-refractivity contribution in [2.45, 2.75) is 232 Å². The minimum atomic E-state index is -4.75. The zero-order valence-electron chi connectivity index (χ0n) is 34.4. The lowest BCUT2D eigenvalue weighted by molar-refractivity contribution is -0.161. The predicted molar refractivity (Wildman–Crippen MR) is 221 cm³/mol. The Morgan fingerprint density at radius 3 is 1.28 bits per heavy atom. The summed E-state index contributed by atoms with van der Waals surface area (Å²) < 4.78 is 26.4. The molecular formula is C44H83O8P.